The van der Waals surface area contributed by atoms with Gasteiger partial charge in [0.05, 0.1) is 0 Å². The van der Waals surface area contributed by atoms with Gasteiger partial charge in [0.25, 0.3) is 0 Å². The van der Waals surface area contributed by atoms with Crippen LogP contribution in [0.15, 0.2) is 24.5 Å². The molecule has 0 aliphatic heterocycles. The quantitative estimate of drug-likeness (QED) is 0.856. The SMILES string of the molecule is CNCC1CCC(C(=O)Nc2ccncc2)CC1. The van der Waals surface area contributed by atoms with Gasteiger partial charge in [0.2, 0.25) is 5.91 Å². The van der Waals surface area contributed by atoms with Gasteiger partial charge in [0, 0.05) is 24.0 Å². The topological polar surface area (TPSA) is 54.0 Å². The molecule has 4 nitrogen and oxygen atoms in total. The number of carbonyl (C=O) groups excluding carboxylic acids is 1. The number of hydrogen-bond acceptors (Lipinski definition) is 3. The van der Waals surface area contributed by atoms with Crippen LogP contribution in [0.1, 0.15) is 25.7 Å². The summed E-state index contributed by atoms with van der Waals surface area (Å²) in [6.45, 7) is 1.07. The second-order valence-corrected chi connectivity index (χ2v) is 5.00. The molecule has 0 unspecified atom stereocenters. The number of nitrogens with zero attached hydrogens (tertiary/aromatic N) is 1. The third-order valence-electron chi connectivity index (χ3n) is 3.66. The van der Waals surface area contributed by atoms with Crippen molar-refractivity contribution in [3.63, 3.8) is 0 Å². The standard InChI is InChI=1S/C14H21N3O/c1-15-10-11-2-4-12(5-3-11)14(18)17-13-6-8-16-9-7-13/h6-9,11-12,15H,2-5,10H2,1H3,(H,16,17,18). The molecule has 1 saturated carbocycles. The van der Waals surface area contributed by atoms with Crippen LogP contribution in [0.4, 0.5) is 5.69 Å². The monoisotopic (exact) mass is 247 g/mol. The molecule has 1 fully saturated rings. The number of nitrogens with one attached hydrogen (secondary N) is 2. The average molecular weight is 247 g/mol. The highest BCUT2D eigenvalue weighted by Gasteiger charge is 2.25. The van der Waals surface area contributed by atoms with E-state index in [0.717, 1.165) is 43.8 Å². The van der Waals surface area contributed by atoms with Crippen LogP contribution in [0, 0.1) is 11.8 Å². The van der Waals surface area contributed by atoms with Crippen molar-refractivity contribution < 1.29 is 4.79 Å². The van der Waals surface area contributed by atoms with Crippen LogP contribution in [-0.4, -0.2) is 24.5 Å². The van der Waals surface area contributed by atoms with Gasteiger partial charge in [-0.3, -0.25) is 9.78 Å². The Kier molecular flexibility index (Phi) is 4.70. The zero-order valence-electron chi connectivity index (χ0n) is 10.9. The highest BCUT2D eigenvalue weighted by Crippen LogP contribution is 2.29. The summed E-state index contributed by atoms with van der Waals surface area (Å²) in [5.74, 6) is 1.07. The van der Waals surface area contributed by atoms with Gasteiger partial charge in [-0.25, -0.2) is 0 Å². The molecule has 1 heterocycles. The molecule has 0 bridgehead atoms. The maximum Gasteiger partial charge on any atom is 0.227 e. The van der Waals surface area contributed by atoms with Gasteiger partial charge in [-0.2, -0.15) is 0 Å². The van der Waals surface area contributed by atoms with Crippen molar-refractivity contribution in [1.82, 2.24) is 10.3 Å². The van der Waals surface area contributed by atoms with E-state index in [9.17, 15) is 4.79 Å². The largest absolute Gasteiger partial charge is 0.326 e. The summed E-state index contributed by atoms with van der Waals surface area (Å²) in [5.41, 5.74) is 0.840. The Bertz CT molecular complexity index is 372. The number of anilines is 1. The first kappa shape index (κ1) is 13.0. The lowest BCUT2D eigenvalue weighted by Crippen LogP contribution is -2.30. The molecule has 18 heavy (non-hydrogen) atoms. The zero-order chi connectivity index (χ0) is 12.8. The predicted molar refractivity (Wildman–Crippen MR) is 72.2 cm³/mol. The van der Waals surface area contributed by atoms with Gasteiger partial charge in [-0.15, -0.1) is 0 Å². The van der Waals surface area contributed by atoms with E-state index < -0.39 is 0 Å². The van der Waals surface area contributed by atoms with Gasteiger partial charge in [0.1, 0.15) is 0 Å². The summed E-state index contributed by atoms with van der Waals surface area (Å²) in [5, 5.41) is 6.18. The van der Waals surface area contributed by atoms with E-state index in [1.807, 2.05) is 19.2 Å². The van der Waals surface area contributed by atoms with Crippen LogP contribution < -0.4 is 10.6 Å². The van der Waals surface area contributed by atoms with Crippen LogP contribution in [0.25, 0.3) is 0 Å². The number of pyridine rings is 1. The second kappa shape index (κ2) is 6.50. The summed E-state index contributed by atoms with van der Waals surface area (Å²) in [6.07, 6.45) is 7.69. The maximum absolute atomic E-state index is 12.1. The van der Waals surface area contributed by atoms with Crippen molar-refractivity contribution in [2.75, 3.05) is 18.9 Å². The van der Waals surface area contributed by atoms with Crippen LogP contribution in [0.3, 0.4) is 0 Å². The van der Waals surface area contributed by atoms with E-state index in [1.165, 1.54) is 0 Å². The Morgan fingerprint density at radius 3 is 2.56 bits per heavy atom. The first-order chi connectivity index (χ1) is 8.79. The molecular formula is C14H21N3O. The normalized spacial score (nSPS) is 23.6. The van der Waals surface area contributed by atoms with Crippen molar-refractivity contribution in [1.29, 1.82) is 0 Å². The number of aromatic nitrogens is 1. The molecular weight excluding hydrogens is 226 g/mol. The van der Waals surface area contributed by atoms with Gasteiger partial charge < -0.3 is 10.6 Å². The molecule has 4 heteroatoms. The third-order valence-corrected chi connectivity index (χ3v) is 3.66. The summed E-state index contributed by atoms with van der Waals surface area (Å²) < 4.78 is 0. The van der Waals surface area contributed by atoms with E-state index in [0.29, 0.717) is 0 Å². The molecule has 0 atom stereocenters. The van der Waals surface area contributed by atoms with Crippen LogP contribution >= 0.6 is 0 Å². The van der Waals surface area contributed by atoms with Crippen LogP contribution in [0.2, 0.25) is 0 Å². The van der Waals surface area contributed by atoms with Crippen molar-refractivity contribution in [2.45, 2.75) is 25.7 Å². The van der Waals surface area contributed by atoms with Crippen LogP contribution in [-0.2, 0) is 4.79 Å². The third kappa shape index (κ3) is 3.53. The van der Waals surface area contributed by atoms with Crippen molar-refractivity contribution in [3.8, 4) is 0 Å². The number of hydrogen-bond donors (Lipinski definition) is 2. The lowest BCUT2D eigenvalue weighted by Gasteiger charge is -2.27. The van der Waals surface area contributed by atoms with E-state index in [-0.39, 0.29) is 11.8 Å². The van der Waals surface area contributed by atoms with Crippen molar-refractivity contribution >= 4 is 11.6 Å². The summed E-state index contributed by atoms with van der Waals surface area (Å²) >= 11 is 0. The first-order valence-corrected chi connectivity index (χ1v) is 6.65. The smallest absolute Gasteiger partial charge is 0.227 e. The maximum atomic E-state index is 12.1. The highest BCUT2D eigenvalue weighted by molar-refractivity contribution is 5.92. The second-order valence-electron chi connectivity index (χ2n) is 5.00. The molecule has 2 rings (SSSR count). The molecule has 98 valence electrons. The molecule has 1 aromatic rings. The Labute approximate surface area is 108 Å². The van der Waals surface area contributed by atoms with Crippen molar-refractivity contribution in [2.24, 2.45) is 11.8 Å². The minimum Gasteiger partial charge on any atom is -0.326 e. The number of carbonyl (C=O) groups is 1. The van der Waals surface area contributed by atoms with Gasteiger partial charge >= 0.3 is 0 Å². The Hall–Kier alpha value is -1.42. The molecule has 0 spiro atoms. The van der Waals surface area contributed by atoms with Gasteiger partial charge in [-0.1, -0.05) is 0 Å². The van der Waals surface area contributed by atoms with E-state index >= 15 is 0 Å². The molecule has 1 amide bonds. The minimum absolute atomic E-state index is 0.157. The lowest BCUT2D eigenvalue weighted by molar-refractivity contribution is -0.121. The summed E-state index contributed by atoms with van der Waals surface area (Å²) in [7, 11) is 1.99. The molecule has 2 N–H and O–H groups in total. The number of rotatable bonds is 4. The number of amides is 1. The molecule has 0 saturated heterocycles. The fourth-order valence-corrected chi connectivity index (χ4v) is 2.60. The highest BCUT2D eigenvalue weighted by atomic mass is 16.1. The molecule has 0 radical (unpaired) electrons. The Balaban J connectivity index is 1.81. The summed E-state index contributed by atoms with van der Waals surface area (Å²) in [6, 6.07) is 3.65. The molecule has 0 aromatic carbocycles. The summed E-state index contributed by atoms with van der Waals surface area (Å²) in [4.78, 5) is 16.0. The Morgan fingerprint density at radius 1 is 1.28 bits per heavy atom. The molecule has 1 aliphatic rings. The Morgan fingerprint density at radius 2 is 1.94 bits per heavy atom. The minimum atomic E-state index is 0.157. The molecule has 1 aliphatic carbocycles. The predicted octanol–water partition coefficient (Wildman–Crippen LogP) is 2.05. The fourth-order valence-electron chi connectivity index (χ4n) is 2.60. The molecule has 1 aromatic heterocycles. The first-order valence-electron chi connectivity index (χ1n) is 6.65. The average Bonchev–Trinajstić information content (AvgIpc) is 2.41. The van der Waals surface area contributed by atoms with E-state index in [2.05, 4.69) is 15.6 Å². The van der Waals surface area contributed by atoms with Gasteiger partial charge in [-0.05, 0) is 57.3 Å². The zero-order valence-corrected chi connectivity index (χ0v) is 10.9. The van der Waals surface area contributed by atoms with Crippen molar-refractivity contribution in [3.05, 3.63) is 24.5 Å². The van der Waals surface area contributed by atoms with E-state index in [4.69, 9.17) is 0 Å². The van der Waals surface area contributed by atoms with E-state index in [1.54, 1.807) is 12.4 Å². The van der Waals surface area contributed by atoms with Gasteiger partial charge in [0.15, 0.2) is 0 Å². The lowest BCUT2D eigenvalue weighted by atomic mass is 9.81. The van der Waals surface area contributed by atoms with Crippen LogP contribution in [0.5, 0.6) is 0 Å². The fraction of sp³-hybridized carbons (Fsp3) is 0.571.